The molecule has 0 saturated heterocycles. The van der Waals surface area contributed by atoms with Gasteiger partial charge in [0, 0.05) is 12.1 Å². The highest BCUT2D eigenvalue weighted by molar-refractivity contribution is 6.00. The summed E-state index contributed by atoms with van der Waals surface area (Å²) in [6.45, 7) is 2.10. The molecule has 21 heavy (non-hydrogen) atoms. The van der Waals surface area contributed by atoms with Crippen LogP contribution in [-0.2, 0) is 0 Å². The zero-order chi connectivity index (χ0) is 15.1. The summed E-state index contributed by atoms with van der Waals surface area (Å²) < 4.78 is 0. The van der Waals surface area contributed by atoms with Crippen molar-refractivity contribution < 1.29 is 4.92 Å². The fourth-order valence-corrected chi connectivity index (χ4v) is 1.92. The molecule has 0 aliphatic heterocycles. The SMILES string of the molecule is CCC/C(=N/Nc1ccc([N+](=O)[O-])cc1)c1ccccc1. The van der Waals surface area contributed by atoms with Gasteiger partial charge in [-0.05, 0) is 24.1 Å². The quantitative estimate of drug-likeness (QED) is 0.490. The summed E-state index contributed by atoms with van der Waals surface area (Å²) in [5.41, 5.74) is 5.80. The summed E-state index contributed by atoms with van der Waals surface area (Å²) in [5, 5.41) is 15.0. The van der Waals surface area contributed by atoms with E-state index in [-0.39, 0.29) is 5.69 Å². The molecule has 0 spiro atoms. The van der Waals surface area contributed by atoms with E-state index in [1.807, 2.05) is 30.3 Å². The Bertz CT molecular complexity index is 622. The number of nitro benzene ring substituents is 1. The van der Waals surface area contributed by atoms with Gasteiger partial charge in [-0.1, -0.05) is 43.7 Å². The molecule has 0 aliphatic rings. The van der Waals surface area contributed by atoms with Gasteiger partial charge in [0.15, 0.2) is 0 Å². The molecule has 0 bridgehead atoms. The van der Waals surface area contributed by atoms with Crippen LogP contribution in [0, 0.1) is 10.1 Å². The third-order valence-corrected chi connectivity index (χ3v) is 2.99. The third-order valence-electron chi connectivity index (χ3n) is 2.99. The number of hydrogen-bond acceptors (Lipinski definition) is 4. The molecule has 2 rings (SSSR count). The molecular weight excluding hydrogens is 266 g/mol. The van der Waals surface area contributed by atoms with E-state index in [1.165, 1.54) is 12.1 Å². The Morgan fingerprint density at radius 1 is 1.14 bits per heavy atom. The van der Waals surface area contributed by atoms with Crippen molar-refractivity contribution >= 4 is 17.1 Å². The monoisotopic (exact) mass is 283 g/mol. The molecule has 0 heterocycles. The molecule has 0 aromatic heterocycles. The van der Waals surface area contributed by atoms with Crippen molar-refractivity contribution in [1.82, 2.24) is 0 Å². The van der Waals surface area contributed by atoms with E-state index < -0.39 is 4.92 Å². The van der Waals surface area contributed by atoms with Crippen LogP contribution in [0.4, 0.5) is 11.4 Å². The Labute approximate surface area is 123 Å². The number of nitrogens with one attached hydrogen (secondary N) is 1. The highest BCUT2D eigenvalue weighted by Crippen LogP contribution is 2.16. The topological polar surface area (TPSA) is 67.5 Å². The van der Waals surface area contributed by atoms with Gasteiger partial charge in [0.05, 0.1) is 16.3 Å². The minimum Gasteiger partial charge on any atom is -0.278 e. The molecule has 1 N–H and O–H groups in total. The second kappa shape index (κ2) is 7.19. The highest BCUT2D eigenvalue weighted by atomic mass is 16.6. The number of hydrogen-bond donors (Lipinski definition) is 1. The average molecular weight is 283 g/mol. The van der Waals surface area contributed by atoms with Gasteiger partial charge < -0.3 is 0 Å². The number of nitro groups is 1. The van der Waals surface area contributed by atoms with E-state index in [9.17, 15) is 10.1 Å². The standard InChI is InChI=1S/C16H17N3O2/c1-2-6-16(13-7-4-3-5-8-13)18-17-14-9-11-15(12-10-14)19(20)21/h3-5,7-12,17H,2,6H2,1H3/b18-16-. The van der Waals surface area contributed by atoms with Crippen LogP contribution in [0.1, 0.15) is 25.3 Å². The van der Waals surface area contributed by atoms with E-state index in [0.29, 0.717) is 0 Å². The molecule has 108 valence electrons. The van der Waals surface area contributed by atoms with Crippen LogP contribution in [-0.4, -0.2) is 10.6 Å². The summed E-state index contributed by atoms with van der Waals surface area (Å²) in [6.07, 6.45) is 1.86. The predicted octanol–water partition coefficient (Wildman–Crippen LogP) is 4.21. The zero-order valence-electron chi connectivity index (χ0n) is 11.8. The average Bonchev–Trinajstić information content (AvgIpc) is 2.52. The second-order valence-corrected chi connectivity index (χ2v) is 4.59. The first-order chi connectivity index (χ1) is 10.2. The van der Waals surface area contributed by atoms with E-state index in [4.69, 9.17) is 0 Å². The first-order valence-electron chi connectivity index (χ1n) is 6.83. The predicted molar refractivity (Wildman–Crippen MR) is 84.6 cm³/mol. The lowest BCUT2D eigenvalue weighted by Crippen LogP contribution is -2.04. The molecule has 2 aromatic rings. The number of rotatable bonds is 6. The maximum Gasteiger partial charge on any atom is 0.269 e. The second-order valence-electron chi connectivity index (χ2n) is 4.59. The van der Waals surface area contributed by atoms with Crippen molar-refractivity contribution in [1.29, 1.82) is 0 Å². The fraction of sp³-hybridized carbons (Fsp3) is 0.188. The van der Waals surface area contributed by atoms with Gasteiger partial charge in [-0.3, -0.25) is 15.5 Å². The minimum absolute atomic E-state index is 0.0707. The number of anilines is 1. The molecule has 0 saturated carbocycles. The summed E-state index contributed by atoms with van der Waals surface area (Å²) >= 11 is 0. The Morgan fingerprint density at radius 2 is 1.81 bits per heavy atom. The van der Waals surface area contributed by atoms with Crippen molar-refractivity contribution in [3.63, 3.8) is 0 Å². The van der Waals surface area contributed by atoms with Gasteiger partial charge in [0.2, 0.25) is 0 Å². The lowest BCUT2D eigenvalue weighted by Gasteiger charge is -2.07. The Balaban J connectivity index is 2.14. The lowest BCUT2D eigenvalue weighted by molar-refractivity contribution is -0.384. The Kier molecular flexibility index (Phi) is 5.04. The Hall–Kier alpha value is -2.69. The van der Waals surface area contributed by atoms with Crippen LogP contribution in [0.2, 0.25) is 0 Å². The number of non-ortho nitro benzene ring substituents is 1. The molecular formula is C16H17N3O2. The molecule has 0 atom stereocenters. The van der Waals surface area contributed by atoms with Crippen LogP contribution < -0.4 is 5.43 Å². The molecule has 0 amide bonds. The smallest absolute Gasteiger partial charge is 0.269 e. The van der Waals surface area contributed by atoms with Crippen LogP contribution in [0.3, 0.4) is 0 Å². The van der Waals surface area contributed by atoms with E-state index in [1.54, 1.807) is 12.1 Å². The number of nitrogens with zero attached hydrogens (tertiary/aromatic N) is 2. The third kappa shape index (κ3) is 4.14. The maximum atomic E-state index is 10.6. The zero-order valence-corrected chi connectivity index (χ0v) is 11.8. The van der Waals surface area contributed by atoms with Crippen molar-refractivity contribution in [2.75, 3.05) is 5.43 Å². The highest BCUT2D eigenvalue weighted by Gasteiger charge is 2.04. The summed E-state index contributed by atoms with van der Waals surface area (Å²) in [4.78, 5) is 10.2. The lowest BCUT2D eigenvalue weighted by atomic mass is 10.1. The Morgan fingerprint density at radius 3 is 2.38 bits per heavy atom. The molecule has 0 radical (unpaired) electrons. The van der Waals surface area contributed by atoms with Crippen LogP contribution in [0.15, 0.2) is 59.7 Å². The van der Waals surface area contributed by atoms with Gasteiger partial charge in [0.1, 0.15) is 0 Å². The first kappa shape index (κ1) is 14.7. The summed E-state index contributed by atoms with van der Waals surface area (Å²) in [6, 6.07) is 16.2. The largest absolute Gasteiger partial charge is 0.278 e. The number of benzene rings is 2. The van der Waals surface area contributed by atoms with Gasteiger partial charge >= 0.3 is 0 Å². The molecule has 5 nitrogen and oxygen atoms in total. The van der Waals surface area contributed by atoms with Crippen molar-refractivity contribution in [2.24, 2.45) is 5.10 Å². The molecule has 2 aromatic carbocycles. The van der Waals surface area contributed by atoms with E-state index in [0.717, 1.165) is 29.8 Å². The van der Waals surface area contributed by atoms with Crippen molar-refractivity contribution in [3.8, 4) is 0 Å². The minimum atomic E-state index is -0.417. The van der Waals surface area contributed by atoms with E-state index in [2.05, 4.69) is 17.5 Å². The first-order valence-corrected chi connectivity index (χ1v) is 6.83. The molecule has 0 unspecified atom stereocenters. The van der Waals surface area contributed by atoms with Gasteiger partial charge in [0.25, 0.3) is 5.69 Å². The maximum absolute atomic E-state index is 10.6. The van der Waals surface area contributed by atoms with E-state index >= 15 is 0 Å². The van der Waals surface area contributed by atoms with Gasteiger partial charge in [-0.15, -0.1) is 0 Å². The number of hydrazone groups is 1. The summed E-state index contributed by atoms with van der Waals surface area (Å²) in [5.74, 6) is 0. The van der Waals surface area contributed by atoms with Crippen molar-refractivity contribution in [3.05, 3.63) is 70.3 Å². The van der Waals surface area contributed by atoms with Gasteiger partial charge in [-0.25, -0.2) is 0 Å². The fourth-order valence-electron chi connectivity index (χ4n) is 1.92. The van der Waals surface area contributed by atoms with Crippen molar-refractivity contribution in [2.45, 2.75) is 19.8 Å². The van der Waals surface area contributed by atoms with Crippen LogP contribution >= 0.6 is 0 Å². The normalized spacial score (nSPS) is 11.2. The molecule has 5 heteroatoms. The van der Waals surface area contributed by atoms with Crippen LogP contribution in [0.25, 0.3) is 0 Å². The van der Waals surface area contributed by atoms with Crippen LogP contribution in [0.5, 0.6) is 0 Å². The summed E-state index contributed by atoms with van der Waals surface area (Å²) in [7, 11) is 0. The molecule has 0 fully saturated rings. The van der Waals surface area contributed by atoms with Gasteiger partial charge in [-0.2, -0.15) is 5.10 Å². The molecule has 0 aliphatic carbocycles.